The Hall–Kier alpha value is -3.94. The van der Waals surface area contributed by atoms with E-state index < -0.39 is 5.82 Å². The largest absolute Gasteiger partial charge is 0.375 e. The molecule has 4 rings (SSSR count). The summed E-state index contributed by atoms with van der Waals surface area (Å²) in [6.45, 7) is 4.60. The second-order valence-electron chi connectivity index (χ2n) is 8.64. The standard InChI is InChI=1S/C27H29FN4O3/c1-2-5-20-8-10-21(11-9-20)19-29-25-18-22(12-13-26(25)32(34)35)30-14-16-31(17-15-30)27(33)23-6-3-4-7-24(23)28/h3-4,6-13,18,29H,2,5,14-17,19H2,1H3. The van der Waals surface area contributed by atoms with E-state index >= 15 is 0 Å². The molecule has 1 heterocycles. The predicted molar refractivity (Wildman–Crippen MR) is 135 cm³/mol. The maximum Gasteiger partial charge on any atom is 0.292 e. The molecule has 0 bridgehead atoms. The molecule has 1 saturated heterocycles. The van der Waals surface area contributed by atoms with Gasteiger partial charge in [-0.15, -0.1) is 0 Å². The highest BCUT2D eigenvalue weighted by molar-refractivity contribution is 5.94. The second kappa shape index (κ2) is 11.0. The Labute approximate surface area is 204 Å². The minimum Gasteiger partial charge on any atom is -0.375 e. The molecule has 1 aliphatic rings. The zero-order valence-electron chi connectivity index (χ0n) is 19.7. The lowest BCUT2D eigenvalue weighted by atomic mass is 10.1. The van der Waals surface area contributed by atoms with Crippen molar-refractivity contribution in [2.45, 2.75) is 26.3 Å². The zero-order chi connectivity index (χ0) is 24.8. The van der Waals surface area contributed by atoms with Crippen LogP contribution in [0.5, 0.6) is 0 Å². The molecule has 0 radical (unpaired) electrons. The van der Waals surface area contributed by atoms with E-state index in [1.807, 2.05) is 12.1 Å². The lowest BCUT2D eigenvalue weighted by molar-refractivity contribution is -0.384. The van der Waals surface area contributed by atoms with E-state index in [9.17, 15) is 19.3 Å². The van der Waals surface area contributed by atoms with Gasteiger partial charge in [0.25, 0.3) is 11.6 Å². The van der Waals surface area contributed by atoms with Gasteiger partial charge in [-0.3, -0.25) is 14.9 Å². The van der Waals surface area contributed by atoms with Crippen LogP contribution in [0.15, 0.2) is 66.7 Å². The Balaban J connectivity index is 1.43. The van der Waals surface area contributed by atoms with Crippen molar-refractivity contribution in [3.05, 3.63) is 99.4 Å². The summed E-state index contributed by atoms with van der Waals surface area (Å²) in [5.74, 6) is -0.843. The number of hydrogen-bond donors (Lipinski definition) is 1. The molecule has 0 saturated carbocycles. The average molecular weight is 477 g/mol. The predicted octanol–water partition coefficient (Wildman–Crippen LogP) is 5.26. The van der Waals surface area contributed by atoms with Gasteiger partial charge in [0.1, 0.15) is 11.5 Å². The number of halogens is 1. The molecule has 8 heteroatoms. The Morgan fingerprint density at radius 1 is 1.00 bits per heavy atom. The van der Waals surface area contributed by atoms with Gasteiger partial charge in [-0.2, -0.15) is 0 Å². The molecule has 1 amide bonds. The number of nitro benzene ring substituents is 1. The number of carbonyl (C=O) groups is 1. The first kappa shape index (κ1) is 24.2. The molecule has 35 heavy (non-hydrogen) atoms. The highest BCUT2D eigenvalue weighted by atomic mass is 19.1. The average Bonchev–Trinajstić information content (AvgIpc) is 2.88. The van der Waals surface area contributed by atoms with Crippen molar-refractivity contribution in [1.82, 2.24) is 4.90 Å². The molecule has 3 aromatic rings. The summed E-state index contributed by atoms with van der Waals surface area (Å²) in [7, 11) is 0. The molecule has 1 aliphatic heterocycles. The van der Waals surface area contributed by atoms with Crippen LogP contribution in [0.25, 0.3) is 0 Å². The van der Waals surface area contributed by atoms with Crippen LogP contribution in [0.2, 0.25) is 0 Å². The fourth-order valence-corrected chi connectivity index (χ4v) is 4.30. The molecule has 1 N–H and O–H groups in total. The third kappa shape index (κ3) is 5.77. The van der Waals surface area contributed by atoms with Gasteiger partial charge in [0.15, 0.2) is 0 Å². The molecule has 182 valence electrons. The summed E-state index contributed by atoms with van der Waals surface area (Å²) in [6, 6.07) is 19.3. The van der Waals surface area contributed by atoms with Crippen molar-refractivity contribution in [2.75, 3.05) is 36.4 Å². The molecule has 0 aromatic heterocycles. The topological polar surface area (TPSA) is 78.7 Å². The number of nitrogens with zero attached hydrogens (tertiary/aromatic N) is 3. The van der Waals surface area contributed by atoms with Gasteiger partial charge in [0, 0.05) is 44.5 Å². The highest BCUT2D eigenvalue weighted by Crippen LogP contribution is 2.31. The maximum atomic E-state index is 14.0. The molecule has 0 unspecified atom stereocenters. The van der Waals surface area contributed by atoms with Gasteiger partial charge in [-0.25, -0.2) is 4.39 Å². The zero-order valence-corrected chi connectivity index (χ0v) is 19.7. The number of amides is 1. The summed E-state index contributed by atoms with van der Waals surface area (Å²) in [5, 5.41) is 14.8. The number of aryl methyl sites for hydroxylation is 1. The highest BCUT2D eigenvalue weighted by Gasteiger charge is 2.25. The van der Waals surface area contributed by atoms with E-state index in [2.05, 4.69) is 29.3 Å². The van der Waals surface area contributed by atoms with Crippen LogP contribution in [0.3, 0.4) is 0 Å². The quantitative estimate of drug-likeness (QED) is 0.354. The van der Waals surface area contributed by atoms with Crippen LogP contribution in [-0.4, -0.2) is 41.9 Å². The van der Waals surface area contributed by atoms with E-state index in [1.165, 1.54) is 23.8 Å². The summed E-state index contributed by atoms with van der Waals surface area (Å²) >= 11 is 0. The SMILES string of the molecule is CCCc1ccc(CNc2cc(N3CCN(C(=O)c4ccccc4F)CC3)ccc2[N+](=O)[O-])cc1. The van der Waals surface area contributed by atoms with Crippen molar-refractivity contribution >= 4 is 23.0 Å². The van der Waals surface area contributed by atoms with Crippen molar-refractivity contribution in [3.8, 4) is 0 Å². The Morgan fingerprint density at radius 2 is 1.69 bits per heavy atom. The number of carbonyl (C=O) groups excluding carboxylic acids is 1. The third-order valence-electron chi connectivity index (χ3n) is 6.26. The minimum atomic E-state index is -0.522. The second-order valence-corrected chi connectivity index (χ2v) is 8.64. The summed E-state index contributed by atoms with van der Waals surface area (Å²) < 4.78 is 14.0. The number of benzene rings is 3. The fraction of sp³-hybridized carbons (Fsp3) is 0.296. The van der Waals surface area contributed by atoms with Crippen LogP contribution < -0.4 is 10.2 Å². The third-order valence-corrected chi connectivity index (χ3v) is 6.26. The van der Waals surface area contributed by atoms with Crippen LogP contribution in [0.1, 0.15) is 34.8 Å². The van der Waals surface area contributed by atoms with Gasteiger partial charge in [-0.1, -0.05) is 49.7 Å². The van der Waals surface area contributed by atoms with Crippen LogP contribution in [0.4, 0.5) is 21.5 Å². The first-order valence-corrected chi connectivity index (χ1v) is 11.8. The van der Waals surface area contributed by atoms with Crippen molar-refractivity contribution in [3.63, 3.8) is 0 Å². The summed E-state index contributed by atoms with van der Waals surface area (Å²) in [6.07, 6.45) is 2.11. The lowest BCUT2D eigenvalue weighted by Crippen LogP contribution is -2.49. The monoisotopic (exact) mass is 476 g/mol. The fourth-order valence-electron chi connectivity index (χ4n) is 4.30. The molecule has 0 aliphatic carbocycles. The number of piperazine rings is 1. The van der Waals surface area contributed by atoms with Crippen molar-refractivity contribution < 1.29 is 14.1 Å². The Morgan fingerprint density at radius 3 is 2.34 bits per heavy atom. The normalized spacial score (nSPS) is 13.5. The van der Waals surface area contributed by atoms with Gasteiger partial charge in [-0.05, 0) is 41.8 Å². The van der Waals surface area contributed by atoms with Gasteiger partial charge < -0.3 is 15.1 Å². The number of nitro groups is 1. The van der Waals surface area contributed by atoms with Crippen molar-refractivity contribution in [1.29, 1.82) is 0 Å². The molecule has 0 spiro atoms. The number of rotatable bonds is 8. The molecule has 0 atom stereocenters. The first-order valence-electron chi connectivity index (χ1n) is 11.8. The van der Waals surface area contributed by atoms with Crippen molar-refractivity contribution in [2.24, 2.45) is 0 Å². The molecular formula is C27H29FN4O3. The van der Waals surface area contributed by atoms with E-state index in [-0.39, 0.29) is 22.1 Å². The Bertz CT molecular complexity index is 1190. The van der Waals surface area contributed by atoms with Gasteiger partial charge >= 0.3 is 0 Å². The van der Waals surface area contributed by atoms with E-state index in [0.29, 0.717) is 38.4 Å². The minimum absolute atomic E-state index is 0.0183. The lowest BCUT2D eigenvalue weighted by Gasteiger charge is -2.36. The van der Waals surface area contributed by atoms with Crippen LogP contribution in [-0.2, 0) is 13.0 Å². The van der Waals surface area contributed by atoms with Crippen LogP contribution >= 0.6 is 0 Å². The van der Waals surface area contributed by atoms with E-state index in [1.54, 1.807) is 29.2 Å². The first-order chi connectivity index (χ1) is 17.0. The number of anilines is 2. The molecule has 1 fully saturated rings. The van der Waals surface area contributed by atoms with Crippen LogP contribution in [0, 0.1) is 15.9 Å². The molecule has 3 aromatic carbocycles. The van der Waals surface area contributed by atoms with Gasteiger partial charge in [0.05, 0.1) is 10.5 Å². The molecular weight excluding hydrogens is 447 g/mol. The molecule has 7 nitrogen and oxygen atoms in total. The van der Waals surface area contributed by atoms with Gasteiger partial charge in [0.2, 0.25) is 0 Å². The number of nitrogens with one attached hydrogen (secondary N) is 1. The Kier molecular flexibility index (Phi) is 7.60. The van der Waals surface area contributed by atoms with E-state index in [4.69, 9.17) is 0 Å². The maximum absolute atomic E-state index is 14.0. The summed E-state index contributed by atoms with van der Waals surface area (Å²) in [4.78, 5) is 27.6. The summed E-state index contributed by atoms with van der Waals surface area (Å²) in [5.41, 5.74) is 3.71. The number of hydrogen-bond acceptors (Lipinski definition) is 5. The smallest absolute Gasteiger partial charge is 0.292 e. The van der Waals surface area contributed by atoms with E-state index in [0.717, 1.165) is 24.1 Å².